The lowest BCUT2D eigenvalue weighted by atomic mass is 10.1. The second-order valence-corrected chi connectivity index (χ2v) is 7.31. The van der Waals surface area contributed by atoms with Crippen molar-refractivity contribution in [1.82, 2.24) is 4.31 Å². The molecule has 0 amide bonds. The molecule has 0 bridgehead atoms. The third-order valence-electron chi connectivity index (χ3n) is 3.63. The Morgan fingerprint density at radius 3 is 2.43 bits per heavy atom. The molecule has 0 radical (unpaired) electrons. The fourth-order valence-corrected chi connectivity index (χ4v) is 4.54. The standard InChI is InChI=1S/C15H24ClNO3S/c1-6-17(12(3)10-20-5)21(18,19)15-8-14(9-16)7-11(2)13(15)4/h7-8,12H,6,9-10H2,1-5H3. The van der Waals surface area contributed by atoms with Crippen molar-refractivity contribution in [2.45, 2.75) is 44.5 Å². The van der Waals surface area contributed by atoms with E-state index in [0.717, 1.165) is 16.7 Å². The quantitative estimate of drug-likeness (QED) is 0.720. The van der Waals surface area contributed by atoms with E-state index in [2.05, 4.69) is 0 Å². The predicted octanol–water partition coefficient (Wildman–Crippen LogP) is 3.09. The highest BCUT2D eigenvalue weighted by molar-refractivity contribution is 7.89. The topological polar surface area (TPSA) is 46.6 Å². The molecule has 21 heavy (non-hydrogen) atoms. The second kappa shape index (κ2) is 7.58. The zero-order valence-electron chi connectivity index (χ0n) is 13.3. The van der Waals surface area contributed by atoms with Gasteiger partial charge in [-0.15, -0.1) is 11.6 Å². The Balaban J connectivity index is 3.38. The highest BCUT2D eigenvalue weighted by Gasteiger charge is 2.29. The lowest BCUT2D eigenvalue weighted by molar-refractivity contribution is 0.142. The molecule has 0 saturated carbocycles. The van der Waals surface area contributed by atoms with Crippen molar-refractivity contribution < 1.29 is 13.2 Å². The van der Waals surface area contributed by atoms with Gasteiger partial charge in [-0.2, -0.15) is 4.31 Å². The Hall–Kier alpha value is -0.620. The average Bonchev–Trinajstić information content (AvgIpc) is 2.42. The Morgan fingerprint density at radius 1 is 1.33 bits per heavy atom. The first-order valence-corrected chi connectivity index (χ1v) is 8.93. The van der Waals surface area contributed by atoms with Crippen LogP contribution < -0.4 is 0 Å². The molecule has 0 saturated heterocycles. The fraction of sp³-hybridized carbons (Fsp3) is 0.600. The van der Waals surface area contributed by atoms with Crippen molar-refractivity contribution in [1.29, 1.82) is 0 Å². The number of halogens is 1. The molecule has 1 rings (SSSR count). The molecule has 4 nitrogen and oxygen atoms in total. The molecule has 0 spiro atoms. The van der Waals surface area contributed by atoms with E-state index in [4.69, 9.17) is 16.3 Å². The minimum absolute atomic E-state index is 0.218. The Kier molecular flexibility index (Phi) is 6.66. The van der Waals surface area contributed by atoms with Crippen molar-refractivity contribution in [3.05, 3.63) is 28.8 Å². The average molecular weight is 334 g/mol. The monoisotopic (exact) mass is 333 g/mol. The van der Waals surface area contributed by atoms with Gasteiger partial charge in [0, 0.05) is 25.6 Å². The van der Waals surface area contributed by atoms with Crippen LogP contribution in [-0.4, -0.2) is 39.0 Å². The number of hydrogen-bond donors (Lipinski definition) is 0. The molecular weight excluding hydrogens is 310 g/mol. The molecule has 0 aromatic heterocycles. The summed E-state index contributed by atoms with van der Waals surface area (Å²) in [6.07, 6.45) is 0. The lowest BCUT2D eigenvalue weighted by Crippen LogP contribution is -2.41. The van der Waals surface area contributed by atoms with Gasteiger partial charge in [0.2, 0.25) is 10.0 Å². The van der Waals surface area contributed by atoms with E-state index in [1.807, 2.05) is 33.8 Å². The number of ether oxygens (including phenoxy) is 1. The van der Waals surface area contributed by atoms with Crippen molar-refractivity contribution in [3.8, 4) is 0 Å². The van der Waals surface area contributed by atoms with Gasteiger partial charge in [-0.1, -0.05) is 13.0 Å². The molecule has 0 aliphatic heterocycles. The SMILES string of the molecule is CCN(C(C)COC)S(=O)(=O)c1cc(CCl)cc(C)c1C. The van der Waals surface area contributed by atoms with Crippen LogP contribution in [0.15, 0.2) is 17.0 Å². The summed E-state index contributed by atoms with van der Waals surface area (Å²) in [4.78, 5) is 0.336. The van der Waals surface area contributed by atoms with Gasteiger partial charge in [-0.05, 0) is 43.5 Å². The van der Waals surface area contributed by atoms with Crippen LogP contribution >= 0.6 is 11.6 Å². The number of aryl methyl sites for hydroxylation is 1. The lowest BCUT2D eigenvalue weighted by Gasteiger charge is -2.27. The summed E-state index contributed by atoms with van der Waals surface area (Å²) in [7, 11) is -1.99. The van der Waals surface area contributed by atoms with E-state index < -0.39 is 10.0 Å². The summed E-state index contributed by atoms with van der Waals surface area (Å²) >= 11 is 5.87. The number of nitrogens with zero attached hydrogens (tertiary/aromatic N) is 1. The van der Waals surface area contributed by atoms with E-state index in [0.29, 0.717) is 23.9 Å². The smallest absolute Gasteiger partial charge is 0.243 e. The number of methoxy groups -OCH3 is 1. The second-order valence-electron chi connectivity index (χ2n) is 5.18. The highest BCUT2D eigenvalue weighted by Crippen LogP contribution is 2.26. The summed E-state index contributed by atoms with van der Waals surface area (Å²) < 4.78 is 32.5. The van der Waals surface area contributed by atoms with Gasteiger partial charge in [0.1, 0.15) is 0 Å². The van der Waals surface area contributed by atoms with E-state index in [1.165, 1.54) is 4.31 Å². The minimum atomic E-state index is -3.56. The summed E-state index contributed by atoms with van der Waals surface area (Å²) in [6, 6.07) is 3.38. The Bertz CT molecular complexity index is 587. The van der Waals surface area contributed by atoms with Crippen molar-refractivity contribution in [2.75, 3.05) is 20.3 Å². The molecule has 1 atom stereocenters. The van der Waals surface area contributed by atoms with Crippen LogP contribution in [0.2, 0.25) is 0 Å². The van der Waals surface area contributed by atoms with Crippen LogP contribution in [0.3, 0.4) is 0 Å². The highest BCUT2D eigenvalue weighted by atomic mass is 35.5. The normalized spacial score (nSPS) is 13.7. The molecular formula is C15H24ClNO3S. The third-order valence-corrected chi connectivity index (χ3v) is 6.16. The summed E-state index contributed by atoms with van der Waals surface area (Å²) in [6.45, 7) is 8.17. The number of benzene rings is 1. The first-order valence-electron chi connectivity index (χ1n) is 6.96. The molecule has 1 aromatic rings. The number of rotatable bonds is 7. The minimum Gasteiger partial charge on any atom is -0.383 e. The molecule has 1 unspecified atom stereocenters. The molecule has 0 fully saturated rings. The van der Waals surface area contributed by atoms with Crippen LogP contribution in [0.5, 0.6) is 0 Å². The largest absolute Gasteiger partial charge is 0.383 e. The van der Waals surface area contributed by atoms with E-state index in [1.54, 1.807) is 13.2 Å². The maximum atomic E-state index is 12.9. The summed E-state index contributed by atoms with van der Waals surface area (Å²) in [5.41, 5.74) is 2.52. The zero-order valence-corrected chi connectivity index (χ0v) is 14.9. The number of sulfonamides is 1. The maximum Gasteiger partial charge on any atom is 0.243 e. The summed E-state index contributed by atoms with van der Waals surface area (Å²) in [5.74, 6) is 0.295. The summed E-state index contributed by atoms with van der Waals surface area (Å²) in [5, 5.41) is 0. The van der Waals surface area contributed by atoms with Crippen molar-refractivity contribution in [2.24, 2.45) is 0 Å². The van der Waals surface area contributed by atoms with Gasteiger partial charge >= 0.3 is 0 Å². The van der Waals surface area contributed by atoms with Gasteiger partial charge in [-0.25, -0.2) is 8.42 Å². The van der Waals surface area contributed by atoms with Gasteiger partial charge < -0.3 is 4.74 Å². The number of likely N-dealkylation sites (N-methyl/N-ethyl adjacent to an activating group) is 1. The van der Waals surface area contributed by atoms with E-state index >= 15 is 0 Å². The van der Waals surface area contributed by atoms with E-state index in [9.17, 15) is 8.42 Å². The van der Waals surface area contributed by atoms with E-state index in [-0.39, 0.29) is 6.04 Å². The molecule has 120 valence electrons. The third kappa shape index (κ3) is 3.97. The van der Waals surface area contributed by atoms with Gasteiger partial charge in [0.05, 0.1) is 11.5 Å². The molecule has 0 aliphatic rings. The van der Waals surface area contributed by atoms with Crippen LogP contribution in [0, 0.1) is 13.8 Å². The molecule has 6 heteroatoms. The van der Waals surface area contributed by atoms with Crippen LogP contribution in [-0.2, 0) is 20.6 Å². The molecule has 0 heterocycles. The Morgan fingerprint density at radius 2 is 1.95 bits per heavy atom. The predicted molar refractivity (Wildman–Crippen MR) is 86.4 cm³/mol. The fourth-order valence-electron chi connectivity index (χ4n) is 2.41. The zero-order chi connectivity index (χ0) is 16.2. The van der Waals surface area contributed by atoms with Crippen molar-refractivity contribution in [3.63, 3.8) is 0 Å². The molecule has 1 aromatic carbocycles. The molecule has 0 N–H and O–H groups in total. The van der Waals surface area contributed by atoms with Crippen LogP contribution in [0.4, 0.5) is 0 Å². The van der Waals surface area contributed by atoms with Crippen LogP contribution in [0.1, 0.15) is 30.5 Å². The van der Waals surface area contributed by atoms with Gasteiger partial charge in [0.15, 0.2) is 0 Å². The maximum absolute atomic E-state index is 12.9. The van der Waals surface area contributed by atoms with Crippen LogP contribution in [0.25, 0.3) is 0 Å². The first-order chi connectivity index (χ1) is 9.79. The Labute approximate surface area is 133 Å². The first kappa shape index (κ1) is 18.4. The van der Waals surface area contributed by atoms with Gasteiger partial charge in [-0.3, -0.25) is 0 Å². The number of hydrogen-bond acceptors (Lipinski definition) is 3. The van der Waals surface area contributed by atoms with Gasteiger partial charge in [0.25, 0.3) is 0 Å². The number of alkyl halides is 1. The van der Waals surface area contributed by atoms with Crippen molar-refractivity contribution >= 4 is 21.6 Å². The molecule has 0 aliphatic carbocycles.